The normalized spacial score (nSPS) is 18.2. The number of nitrogens with zero attached hydrogens (tertiary/aromatic N) is 4. The molecule has 0 radical (unpaired) electrons. The van der Waals surface area contributed by atoms with Gasteiger partial charge in [0.15, 0.2) is 5.82 Å². The maximum Gasteiger partial charge on any atom is 0.303 e. The number of fused-ring (bicyclic) bond motifs is 1. The molecule has 0 saturated heterocycles. The predicted octanol–water partition coefficient (Wildman–Crippen LogP) is 5.31. The molecule has 4 aromatic rings. The Labute approximate surface area is 191 Å². The molecule has 0 spiro atoms. The molecule has 1 aliphatic rings. The maximum atomic E-state index is 10.9. The van der Waals surface area contributed by atoms with Gasteiger partial charge in [-0.05, 0) is 61.3 Å². The summed E-state index contributed by atoms with van der Waals surface area (Å²) in [5, 5.41) is 18.1. The molecule has 0 atom stereocenters. The van der Waals surface area contributed by atoms with Crippen molar-refractivity contribution in [3.8, 4) is 28.8 Å². The summed E-state index contributed by atoms with van der Waals surface area (Å²) in [5.74, 6) is 0.732. The standard InChI is InChI=1S/C26H23N5O2/c27-13-17-3-10-21-22(11-17)31-26(30-21)24-15-28-23(14-29-24)20-8-6-19(7-9-20)18-4-1-16(2-5-18)12-25(32)33/h3,6-11,14-16,18H,1-2,4-5,12H2,(H,30,31)(H,32,33). The van der Waals surface area contributed by atoms with Crippen LogP contribution < -0.4 is 0 Å². The average molecular weight is 438 g/mol. The number of benzene rings is 2. The van der Waals surface area contributed by atoms with Gasteiger partial charge in [-0.15, -0.1) is 0 Å². The Morgan fingerprint density at radius 1 is 1.03 bits per heavy atom. The van der Waals surface area contributed by atoms with Gasteiger partial charge in [0.05, 0.1) is 40.8 Å². The fourth-order valence-electron chi connectivity index (χ4n) is 4.67. The molecule has 2 aromatic heterocycles. The van der Waals surface area contributed by atoms with Gasteiger partial charge in [-0.3, -0.25) is 9.78 Å². The zero-order chi connectivity index (χ0) is 22.8. The minimum absolute atomic E-state index is 0.287. The van der Waals surface area contributed by atoms with Crippen LogP contribution in [0.15, 0.2) is 54.9 Å². The molecule has 1 aliphatic carbocycles. The first-order chi connectivity index (χ1) is 16.1. The van der Waals surface area contributed by atoms with Crippen LogP contribution in [0.3, 0.4) is 0 Å². The number of nitriles is 1. The first-order valence-electron chi connectivity index (χ1n) is 11.1. The Morgan fingerprint density at radius 3 is 2.42 bits per heavy atom. The number of nitrogens with one attached hydrogen (secondary N) is 1. The van der Waals surface area contributed by atoms with Crippen LogP contribution in [0.25, 0.3) is 33.8 Å². The zero-order valence-corrected chi connectivity index (χ0v) is 18.0. The number of H-pyrrole nitrogens is 1. The quantitative estimate of drug-likeness (QED) is 0.437. The number of carboxylic acids is 1. The van der Waals surface area contributed by atoms with E-state index >= 15 is 0 Å². The number of carbonyl (C=O) groups is 1. The highest BCUT2D eigenvalue weighted by atomic mass is 16.4. The Kier molecular flexibility index (Phi) is 5.57. The van der Waals surface area contributed by atoms with Crippen molar-refractivity contribution in [1.29, 1.82) is 5.26 Å². The van der Waals surface area contributed by atoms with Crippen molar-refractivity contribution >= 4 is 17.0 Å². The third kappa shape index (κ3) is 4.46. The van der Waals surface area contributed by atoms with E-state index in [-0.39, 0.29) is 6.42 Å². The van der Waals surface area contributed by atoms with E-state index in [1.165, 1.54) is 5.56 Å². The van der Waals surface area contributed by atoms with E-state index < -0.39 is 5.97 Å². The number of hydrogen-bond acceptors (Lipinski definition) is 5. The first-order valence-corrected chi connectivity index (χ1v) is 11.1. The van der Waals surface area contributed by atoms with Crippen molar-refractivity contribution in [2.75, 3.05) is 0 Å². The Balaban J connectivity index is 1.28. The molecule has 1 fully saturated rings. The lowest BCUT2D eigenvalue weighted by atomic mass is 9.77. The molecule has 2 aromatic carbocycles. The summed E-state index contributed by atoms with van der Waals surface area (Å²) in [7, 11) is 0. The van der Waals surface area contributed by atoms with Crippen molar-refractivity contribution < 1.29 is 9.90 Å². The van der Waals surface area contributed by atoms with Crippen molar-refractivity contribution in [1.82, 2.24) is 19.9 Å². The molecule has 5 rings (SSSR count). The molecule has 7 heteroatoms. The highest BCUT2D eigenvalue weighted by Gasteiger charge is 2.24. The Hall–Kier alpha value is -4.05. The highest BCUT2D eigenvalue weighted by Crippen LogP contribution is 2.37. The van der Waals surface area contributed by atoms with Crippen LogP contribution in [-0.4, -0.2) is 31.0 Å². The van der Waals surface area contributed by atoms with E-state index in [1.54, 1.807) is 24.5 Å². The molecular weight excluding hydrogens is 414 g/mol. The van der Waals surface area contributed by atoms with E-state index in [0.29, 0.717) is 28.9 Å². The van der Waals surface area contributed by atoms with Gasteiger partial charge in [-0.25, -0.2) is 9.97 Å². The van der Waals surface area contributed by atoms with Crippen LogP contribution in [0.1, 0.15) is 49.1 Å². The number of aromatic amines is 1. The van der Waals surface area contributed by atoms with Gasteiger partial charge in [-0.1, -0.05) is 24.3 Å². The number of hydrogen-bond donors (Lipinski definition) is 2. The molecule has 164 valence electrons. The number of imidazole rings is 1. The second kappa shape index (κ2) is 8.83. The van der Waals surface area contributed by atoms with E-state index in [1.807, 2.05) is 6.07 Å². The Morgan fingerprint density at radius 2 is 1.76 bits per heavy atom. The van der Waals surface area contributed by atoms with Crippen LogP contribution in [0.5, 0.6) is 0 Å². The molecule has 0 bridgehead atoms. The molecule has 0 unspecified atom stereocenters. The lowest BCUT2D eigenvalue weighted by Gasteiger charge is -2.28. The smallest absolute Gasteiger partial charge is 0.303 e. The minimum atomic E-state index is -0.691. The Bertz CT molecular complexity index is 1330. The van der Waals surface area contributed by atoms with Crippen LogP contribution in [0.2, 0.25) is 0 Å². The van der Waals surface area contributed by atoms with E-state index in [9.17, 15) is 4.79 Å². The summed E-state index contributed by atoms with van der Waals surface area (Å²) in [5.41, 5.74) is 5.89. The number of carboxylic acid groups (broad SMARTS) is 1. The van der Waals surface area contributed by atoms with E-state index in [2.05, 4.69) is 50.3 Å². The molecule has 2 heterocycles. The summed E-state index contributed by atoms with van der Waals surface area (Å²) in [6.45, 7) is 0. The van der Waals surface area contributed by atoms with Crippen molar-refractivity contribution in [2.24, 2.45) is 5.92 Å². The lowest BCUT2D eigenvalue weighted by Crippen LogP contribution is -2.16. The van der Waals surface area contributed by atoms with Gasteiger partial charge in [0.2, 0.25) is 0 Å². The SMILES string of the molecule is N#Cc1ccc2nc(-c3cnc(-c4ccc(C5CCC(CC(=O)O)CC5)cc4)cn3)[nH]c2c1. The zero-order valence-electron chi connectivity index (χ0n) is 18.0. The third-order valence-corrected chi connectivity index (χ3v) is 6.49. The van der Waals surface area contributed by atoms with E-state index in [4.69, 9.17) is 10.4 Å². The second-order valence-electron chi connectivity index (χ2n) is 8.65. The van der Waals surface area contributed by atoms with Gasteiger partial charge in [0, 0.05) is 12.0 Å². The van der Waals surface area contributed by atoms with Gasteiger partial charge in [0.1, 0.15) is 5.69 Å². The topological polar surface area (TPSA) is 116 Å². The molecule has 0 amide bonds. The molecule has 2 N–H and O–H groups in total. The van der Waals surface area contributed by atoms with Crippen LogP contribution in [0, 0.1) is 17.2 Å². The third-order valence-electron chi connectivity index (χ3n) is 6.49. The fourth-order valence-corrected chi connectivity index (χ4v) is 4.67. The summed E-state index contributed by atoms with van der Waals surface area (Å²) < 4.78 is 0. The van der Waals surface area contributed by atoms with Crippen LogP contribution in [0.4, 0.5) is 0 Å². The molecular formula is C26H23N5O2. The average Bonchev–Trinajstić information content (AvgIpc) is 3.28. The molecule has 7 nitrogen and oxygen atoms in total. The summed E-state index contributed by atoms with van der Waals surface area (Å²) in [6.07, 6.45) is 7.77. The maximum absolute atomic E-state index is 10.9. The minimum Gasteiger partial charge on any atom is -0.481 e. The number of rotatable bonds is 5. The second-order valence-corrected chi connectivity index (χ2v) is 8.65. The number of aromatic nitrogens is 4. The highest BCUT2D eigenvalue weighted by molar-refractivity contribution is 5.80. The van der Waals surface area contributed by atoms with Gasteiger partial charge in [0.25, 0.3) is 0 Å². The fraction of sp³-hybridized carbons (Fsp3) is 0.269. The van der Waals surface area contributed by atoms with Gasteiger partial charge in [-0.2, -0.15) is 5.26 Å². The van der Waals surface area contributed by atoms with Crippen LogP contribution in [-0.2, 0) is 4.79 Å². The number of aliphatic carboxylic acids is 1. The van der Waals surface area contributed by atoms with Gasteiger partial charge >= 0.3 is 5.97 Å². The van der Waals surface area contributed by atoms with E-state index in [0.717, 1.165) is 48.0 Å². The molecule has 33 heavy (non-hydrogen) atoms. The lowest BCUT2D eigenvalue weighted by molar-refractivity contribution is -0.138. The molecule has 0 aliphatic heterocycles. The van der Waals surface area contributed by atoms with Crippen LogP contribution >= 0.6 is 0 Å². The monoisotopic (exact) mass is 437 g/mol. The molecule has 1 saturated carbocycles. The summed E-state index contributed by atoms with van der Waals surface area (Å²) >= 11 is 0. The summed E-state index contributed by atoms with van der Waals surface area (Å²) in [4.78, 5) is 27.8. The van der Waals surface area contributed by atoms with Crippen molar-refractivity contribution in [2.45, 2.75) is 38.0 Å². The van der Waals surface area contributed by atoms with Crippen molar-refractivity contribution in [3.63, 3.8) is 0 Å². The first kappa shape index (κ1) is 20.8. The van der Waals surface area contributed by atoms with Gasteiger partial charge < -0.3 is 10.1 Å². The largest absolute Gasteiger partial charge is 0.481 e. The predicted molar refractivity (Wildman–Crippen MR) is 124 cm³/mol. The van der Waals surface area contributed by atoms with Crippen molar-refractivity contribution in [3.05, 3.63) is 66.0 Å². The summed E-state index contributed by atoms with van der Waals surface area (Å²) in [6, 6.07) is 15.9.